The number of aromatic amines is 1. The van der Waals surface area contributed by atoms with E-state index in [0.29, 0.717) is 61.0 Å². The van der Waals surface area contributed by atoms with Gasteiger partial charge >= 0.3 is 0 Å². The molecule has 1 unspecified atom stereocenters. The molecule has 2 aliphatic heterocycles. The van der Waals surface area contributed by atoms with Gasteiger partial charge in [0, 0.05) is 38.1 Å². The van der Waals surface area contributed by atoms with Gasteiger partial charge in [0.2, 0.25) is 10.0 Å². The summed E-state index contributed by atoms with van der Waals surface area (Å²) in [6.45, 7) is 9.21. The molecule has 11 nitrogen and oxygen atoms in total. The third kappa shape index (κ3) is 4.67. The zero-order chi connectivity index (χ0) is 26.4. The van der Waals surface area contributed by atoms with Crippen LogP contribution in [0.15, 0.2) is 27.9 Å². The fourth-order valence-corrected chi connectivity index (χ4v) is 7.06. The quantitative estimate of drug-likeness (QED) is 0.471. The lowest BCUT2D eigenvalue weighted by molar-refractivity contribution is 0.202. The number of aromatic nitrogens is 4. The van der Waals surface area contributed by atoms with Gasteiger partial charge in [-0.25, -0.2) is 17.9 Å². The van der Waals surface area contributed by atoms with Gasteiger partial charge in [0.15, 0.2) is 11.3 Å². The molecule has 1 spiro atoms. The molecule has 0 aliphatic carbocycles. The minimum atomic E-state index is -3.79. The number of likely N-dealkylation sites (tertiary alicyclic amines) is 1. The van der Waals surface area contributed by atoms with Gasteiger partial charge in [-0.3, -0.25) is 4.79 Å². The smallest absolute Gasteiger partial charge is 0.277 e. The van der Waals surface area contributed by atoms with Gasteiger partial charge in [0.1, 0.15) is 11.6 Å². The van der Waals surface area contributed by atoms with Crippen LogP contribution >= 0.6 is 0 Å². The molecule has 5 rings (SSSR count). The molecule has 0 amide bonds. The Balaban J connectivity index is 1.58. The van der Waals surface area contributed by atoms with Gasteiger partial charge in [-0.2, -0.15) is 4.31 Å². The molecule has 37 heavy (non-hydrogen) atoms. The van der Waals surface area contributed by atoms with E-state index in [2.05, 4.69) is 32.3 Å². The normalized spacial score (nSPS) is 21.3. The van der Waals surface area contributed by atoms with Crippen molar-refractivity contribution in [2.45, 2.75) is 50.5 Å². The van der Waals surface area contributed by atoms with Crippen molar-refractivity contribution in [3.8, 4) is 17.1 Å². The van der Waals surface area contributed by atoms with Crippen molar-refractivity contribution in [1.82, 2.24) is 34.1 Å². The van der Waals surface area contributed by atoms with E-state index in [0.717, 1.165) is 25.9 Å². The third-order valence-corrected chi connectivity index (χ3v) is 9.09. The van der Waals surface area contributed by atoms with Crippen molar-refractivity contribution in [2.24, 2.45) is 0 Å². The summed E-state index contributed by atoms with van der Waals surface area (Å²) in [7, 11) is -1.73. The fraction of sp³-hybridized carbons (Fsp3) is 0.560. The maximum absolute atomic E-state index is 13.8. The van der Waals surface area contributed by atoms with Crippen molar-refractivity contribution in [3.63, 3.8) is 0 Å². The molecular weight excluding hydrogens is 494 g/mol. The Morgan fingerprint density at radius 3 is 2.70 bits per heavy atom. The first-order valence-electron chi connectivity index (χ1n) is 12.9. The fourth-order valence-electron chi connectivity index (χ4n) is 5.50. The Kier molecular flexibility index (Phi) is 6.86. The Morgan fingerprint density at radius 2 is 2.00 bits per heavy atom. The van der Waals surface area contributed by atoms with Crippen LogP contribution < -0.4 is 15.6 Å². The van der Waals surface area contributed by atoms with E-state index in [1.807, 2.05) is 13.8 Å². The summed E-state index contributed by atoms with van der Waals surface area (Å²) >= 11 is 0. The maximum Gasteiger partial charge on any atom is 0.277 e. The van der Waals surface area contributed by atoms with Crippen LogP contribution in [-0.2, 0) is 16.4 Å². The molecule has 1 aromatic carbocycles. The maximum atomic E-state index is 13.8. The van der Waals surface area contributed by atoms with E-state index in [1.54, 1.807) is 33.9 Å². The van der Waals surface area contributed by atoms with Crippen LogP contribution in [0, 0.1) is 6.92 Å². The number of hydrogen-bond acceptors (Lipinski definition) is 8. The van der Waals surface area contributed by atoms with E-state index in [4.69, 9.17) is 4.74 Å². The van der Waals surface area contributed by atoms with Crippen molar-refractivity contribution in [2.75, 3.05) is 46.4 Å². The highest BCUT2D eigenvalue weighted by Gasteiger charge is 2.43. The standard InChI is InChI=1S/C25H35N7O4S/c1-5-7-21-27-17(3)22-24(33)28-23(29-32(21)22)19-14-18(8-9-20(19)36-6-2)37(34,35)31-13-11-26-25(16-31)10-12-30(4)15-25/h8-9,14,26H,5-7,10-13,15-16H2,1-4H3,(H,28,29,33). The molecule has 0 radical (unpaired) electrons. The highest BCUT2D eigenvalue weighted by atomic mass is 32.2. The molecule has 2 aromatic heterocycles. The third-order valence-electron chi connectivity index (χ3n) is 7.25. The summed E-state index contributed by atoms with van der Waals surface area (Å²) in [6.07, 6.45) is 2.42. The number of hydrogen-bond donors (Lipinski definition) is 2. The Hall–Kier alpha value is -2.80. The molecule has 0 saturated carbocycles. The summed E-state index contributed by atoms with van der Waals surface area (Å²) in [5.41, 5.74) is 0.849. The summed E-state index contributed by atoms with van der Waals surface area (Å²) in [4.78, 5) is 22.8. The van der Waals surface area contributed by atoms with Crippen molar-refractivity contribution in [1.29, 1.82) is 0 Å². The summed E-state index contributed by atoms with van der Waals surface area (Å²) in [5.74, 6) is 1.38. The highest BCUT2D eigenvalue weighted by molar-refractivity contribution is 7.89. The van der Waals surface area contributed by atoms with Crippen LogP contribution in [0.25, 0.3) is 16.9 Å². The number of nitrogens with one attached hydrogen (secondary N) is 2. The molecule has 0 bridgehead atoms. The lowest BCUT2D eigenvalue weighted by Gasteiger charge is -2.40. The number of H-pyrrole nitrogens is 1. The van der Waals surface area contributed by atoms with Gasteiger partial charge < -0.3 is 19.9 Å². The molecule has 4 heterocycles. The second kappa shape index (κ2) is 9.82. The van der Waals surface area contributed by atoms with Crippen LogP contribution in [0.2, 0.25) is 0 Å². The molecule has 12 heteroatoms. The van der Waals surface area contributed by atoms with E-state index < -0.39 is 10.0 Å². The number of rotatable bonds is 7. The van der Waals surface area contributed by atoms with Gasteiger partial charge in [-0.15, -0.1) is 5.10 Å². The van der Waals surface area contributed by atoms with E-state index in [9.17, 15) is 13.2 Å². The first-order valence-corrected chi connectivity index (χ1v) is 14.3. The number of piperazine rings is 1. The van der Waals surface area contributed by atoms with Gasteiger partial charge in [0.25, 0.3) is 5.56 Å². The minimum Gasteiger partial charge on any atom is -0.493 e. The molecule has 2 N–H and O–H groups in total. The van der Waals surface area contributed by atoms with Crippen LogP contribution in [0.3, 0.4) is 0 Å². The number of ether oxygens (including phenoxy) is 1. The van der Waals surface area contributed by atoms with Crippen LogP contribution in [-0.4, -0.2) is 89.1 Å². The van der Waals surface area contributed by atoms with E-state index in [1.165, 1.54) is 0 Å². The SMILES string of the molecule is CCCc1nc(C)c2c(=O)[nH]c(-c3cc(S(=O)(=O)N4CCNC5(CCN(C)C5)C4)ccc3OCC)nn12. The first kappa shape index (κ1) is 25.8. The number of imidazole rings is 1. The topological polar surface area (TPSA) is 125 Å². The largest absolute Gasteiger partial charge is 0.493 e. The first-order chi connectivity index (χ1) is 17.7. The van der Waals surface area contributed by atoms with Crippen molar-refractivity contribution in [3.05, 3.63) is 40.1 Å². The summed E-state index contributed by atoms with van der Waals surface area (Å²) < 4.78 is 36.6. The van der Waals surface area contributed by atoms with Gasteiger partial charge in [-0.1, -0.05) is 6.92 Å². The predicted molar refractivity (Wildman–Crippen MR) is 141 cm³/mol. The lowest BCUT2D eigenvalue weighted by Crippen LogP contribution is -2.62. The van der Waals surface area contributed by atoms with Gasteiger partial charge in [-0.05, 0) is 58.5 Å². The summed E-state index contributed by atoms with van der Waals surface area (Å²) in [6, 6.07) is 4.77. The number of fused-ring (bicyclic) bond motifs is 1. The molecular formula is C25H35N7O4S. The van der Waals surface area contributed by atoms with E-state index >= 15 is 0 Å². The van der Waals surface area contributed by atoms with Crippen molar-refractivity contribution < 1.29 is 13.2 Å². The second-order valence-corrected chi connectivity index (χ2v) is 12.0. The summed E-state index contributed by atoms with van der Waals surface area (Å²) in [5, 5.41) is 8.24. The highest BCUT2D eigenvalue weighted by Crippen LogP contribution is 2.33. The zero-order valence-electron chi connectivity index (χ0n) is 21.9. The van der Waals surface area contributed by atoms with Crippen LogP contribution in [0.4, 0.5) is 0 Å². The molecule has 200 valence electrons. The molecule has 1 atom stereocenters. The molecule has 3 aromatic rings. The molecule has 2 fully saturated rings. The number of likely N-dealkylation sites (N-methyl/N-ethyl adjacent to an activating group) is 1. The van der Waals surface area contributed by atoms with Crippen LogP contribution in [0.5, 0.6) is 5.75 Å². The lowest BCUT2D eigenvalue weighted by atomic mass is 9.97. The average molecular weight is 530 g/mol. The minimum absolute atomic E-state index is 0.146. The second-order valence-electron chi connectivity index (χ2n) is 10.1. The van der Waals surface area contributed by atoms with Crippen molar-refractivity contribution >= 4 is 15.5 Å². The monoisotopic (exact) mass is 529 g/mol. The number of aryl methyl sites for hydroxylation is 2. The number of nitrogens with zero attached hydrogens (tertiary/aromatic N) is 5. The van der Waals surface area contributed by atoms with Crippen LogP contribution in [0.1, 0.15) is 38.2 Å². The zero-order valence-corrected chi connectivity index (χ0v) is 22.7. The molecule has 2 aliphatic rings. The number of benzene rings is 1. The van der Waals surface area contributed by atoms with E-state index in [-0.39, 0.29) is 21.8 Å². The van der Waals surface area contributed by atoms with Gasteiger partial charge in [0.05, 0.1) is 22.8 Å². The Morgan fingerprint density at radius 1 is 1.19 bits per heavy atom. The predicted octanol–water partition coefficient (Wildman–Crippen LogP) is 1.41. The Bertz CT molecular complexity index is 1480. The molecule has 2 saturated heterocycles. The average Bonchev–Trinajstić information content (AvgIpc) is 3.38. The number of sulfonamides is 1. The Labute approximate surface area is 216 Å².